The molecule has 0 aliphatic rings. The molecule has 9 nitrogen and oxygen atoms in total. The first kappa shape index (κ1) is 19.7. The lowest BCUT2D eigenvalue weighted by molar-refractivity contribution is 0.0697. The minimum atomic E-state index is -0.980. The number of rotatable bonds is 10. The number of aliphatic hydroxyl groups excluding tert-OH is 1. The lowest BCUT2D eigenvalue weighted by Gasteiger charge is -2.23. The van der Waals surface area contributed by atoms with Crippen LogP contribution in [0.15, 0.2) is 42.7 Å². The van der Waals surface area contributed by atoms with Crippen LogP contribution in [0.1, 0.15) is 10.4 Å². The molecule has 2 aromatic heterocycles. The number of aliphatic hydroxyl groups is 1. The van der Waals surface area contributed by atoms with E-state index in [0.29, 0.717) is 31.1 Å². The zero-order valence-corrected chi connectivity index (χ0v) is 15.5. The Labute approximate surface area is 162 Å². The van der Waals surface area contributed by atoms with Gasteiger partial charge in [0.2, 0.25) is 0 Å². The van der Waals surface area contributed by atoms with E-state index in [-0.39, 0.29) is 12.2 Å². The van der Waals surface area contributed by atoms with Crippen LogP contribution in [-0.4, -0.2) is 70.1 Å². The number of carboxylic acid groups (broad SMARTS) is 1. The molecule has 3 rings (SSSR count). The van der Waals surface area contributed by atoms with E-state index in [1.807, 2.05) is 17.0 Å². The van der Waals surface area contributed by atoms with Crippen molar-refractivity contribution in [1.82, 2.24) is 19.9 Å². The molecular formula is C19H24N6O3. The molecule has 0 radical (unpaired) electrons. The molecule has 0 bridgehead atoms. The Morgan fingerprint density at radius 2 is 2.11 bits per heavy atom. The number of anilines is 1. The molecule has 0 amide bonds. The minimum Gasteiger partial charge on any atom is -0.478 e. The number of carbonyl (C=O) groups is 1. The fourth-order valence-corrected chi connectivity index (χ4v) is 2.96. The van der Waals surface area contributed by atoms with Gasteiger partial charge in [0.15, 0.2) is 5.65 Å². The first-order chi connectivity index (χ1) is 13.6. The quantitative estimate of drug-likeness (QED) is 0.371. The predicted octanol–water partition coefficient (Wildman–Crippen LogP) is 0.442. The summed E-state index contributed by atoms with van der Waals surface area (Å²) in [5, 5.41) is 26.2. The summed E-state index contributed by atoms with van der Waals surface area (Å²) in [6.45, 7) is 3.14. The summed E-state index contributed by atoms with van der Waals surface area (Å²) in [6, 6.07) is 8.53. The second-order valence-electron chi connectivity index (χ2n) is 6.25. The van der Waals surface area contributed by atoms with E-state index in [1.54, 1.807) is 35.1 Å². The first-order valence-electron chi connectivity index (χ1n) is 9.08. The van der Waals surface area contributed by atoms with Crippen LogP contribution < -0.4 is 16.0 Å². The monoisotopic (exact) mass is 384 g/mol. The van der Waals surface area contributed by atoms with Gasteiger partial charge in [-0.3, -0.25) is 0 Å². The number of nitrogens with one attached hydrogen (secondary N) is 1. The maximum absolute atomic E-state index is 11.3. The van der Waals surface area contributed by atoms with Crippen LogP contribution in [0.2, 0.25) is 0 Å². The Kier molecular flexibility index (Phi) is 6.53. The molecule has 0 aliphatic heterocycles. The van der Waals surface area contributed by atoms with Crippen molar-refractivity contribution in [3.8, 4) is 11.1 Å². The first-order valence-corrected chi connectivity index (χ1v) is 9.08. The highest BCUT2D eigenvalue weighted by Gasteiger charge is 2.14. The molecule has 9 heteroatoms. The Balaban J connectivity index is 1.92. The number of aromatic carboxylic acids is 1. The van der Waals surface area contributed by atoms with Gasteiger partial charge in [0.05, 0.1) is 18.4 Å². The highest BCUT2D eigenvalue weighted by atomic mass is 16.4. The van der Waals surface area contributed by atoms with Gasteiger partial charge in [-0.05, 0) is 23.8 Å². The zero-order valence-electron chi connectivity index (χ0n) is 15.5. The molecule has 148 valence electrons. The van der Waals surface area contributed by atoms with E-state index < -0.39 is 5.97 Å². The lowest BCUT2D eigenvalue weighted by atomic mass is 10.1. The molecule has 1 aromatic carbocycles. The molecule has 0 saturated carbocycles. The number of hydrogen-bond acceptors (Lipinski definition) is 7. The highest BCUT2D eigenvalue weighted by Crippen LogP contribution is 2.25. The van der Waals surface area contributed by atoms with Crippen molar-refractivity contribution >= 4 is 17.4 Å². The lowest BCUT2D eigenvalue weighted by Crippen LogP contribution is -2.36. The van der Waals surface area contributed by atoms with Gasteiger partial charge in [0.1, 0.15) is 5.82 Å². The van der Waals surface area contributed by atoms with Gasteiger partial charge < -0.3 is 26.2 Å². The number of hydrogen-bond donors (Lipinski definition) is 4. The van der Waals surface area contributed by atoms with Crippen LogP contribution in [0.25, 0.3) is 16.8 Å². The van der Waals surface area contributed by atoms with Crippen molar-refractivity contribution in [1.29, 1.82) is 0 Å². The van der Waals surface area contributed by atoms with Crippen LogP contribution in [0, 0.1) is 0 Å². The van der Waals surface area contributed by atoms with E-state index in [9.17, 15) is 15.0 Å². The topological polar surface area (TPSA) is 129 Å². The van der Waals surface area contributed by atoms with E-state index in [2.05, 4.69) is 10.4 Å². The van der Waals surface area contributed by atoms with Gasteiger partial charge in [-0.25, -0.2) is 14.3 Å². The number of nitrogens with two attached hydrogens (primary N) is 1. The summed E-state index contributed by atoms with van der Waals surface area (Å²) >= 11 is 0. The molecule has 0 spiro atoms. The largest absolute Gasteiger partial charge is 0.478 e. The fourth-order valence-electron chi connectivity index (χ4n) is 2.96. The van der Waals surface area contributed by atoms with Gasteiger partial charge in [0.25, 0.3) is 0 Å². The Hall–Kier alpha value is -3.01. The van der Waals surface area contributed by atoms with E-state index in [1.165, 1.54) is 0 Å². The number of benzene rings is 1. The molecule has 0 aliphatic carbocycles. The Bertz CT molecular complexity index is 942. The maximum atomic E-state index is 11.3. The normalized spacial score (nSPS) is 11.1. The number of carboxylic acids is 1. The standard InChI is InChI=1S/C19H24N6O3/c20-5-6-21-7-9-24(10-11-26)17-4-8-25-18(23-17)16(13-22-25)14-2-1-3-15(12-14)19(27)28/h1-4,8,12-13,21,26H,5-7,9-11,20H2,(H,27,28). The second kappa shape index (κ2) is 9.27. The number of aromatic nitrogens is 3. The SMILES string of the molecule is NCCNCCN(CCO)c1ccn2ncc(-c3cccc(C(=O)O)c3)c2n1. The number of fused-ring (bicyclic) bond motifs is 1. The van der Waals surface area contributed by atoms with Crippen molar-refractivity contribution in [3.63, 3.8) is 0 Å². The molecule has 0 saturated heterocycles. The third-order valence-corrected chi connectivity index (χ3v) is 4.35. The van der Waals surface area contributed by atoms with Crippen molar-refractivity contribution < 1.29 is 15.0 Å². The second-order valence-corrected chi connectivity index (χ2v) is 6.25. The summed E-state index contributed by atoms with van der Waals surface area (Å²) < 4.78 is 1.65. The van der Waals surface area contributed by atoms with Crippen LogP contribution in [-0.2, 0) is 0 Å². The summed E-state index contributed by atoms with van der Waals surface area (Å²) in [6.07, 6.45) is 3.48. The summed E-state index contributed by atoms with van der Waals surface area (Å²) in [5.74, 6) is -0.265. The van der Waals surface area contributed by atoms with Crippen molar-refractivity contribution in [2.24, 2.45) is 5.73 Å². The van der Waals surface area contributed by atoms with Crippen molar-refractivity contribution in [2.75, 3.05) is 44.2 Å². The Morgan fingerprint density at radius 1 is 1.25 bits per heavy atom. The molecular weight excluding hydrogens is 360 g/mol. The smallest absolute Gasteiger partial charge is 0.335 e. The van der Waals surface area contributed by atoms with Crippen LogP contribution in [0.5, 0.6) is 0 Å². The van der Waals surface area contributed by atoms with E-state index in [4.69, 9.17) is 10.7 Å². The van der Waals surface area contributed by atoms with Crippen LogP contribution >= 0.6 is 0 Å². The fraction of sp³-hybridized carbons (Fsp3) is 0.316. The average molecular weight is 384 g/mol. The third-order valence-electron chi connectivity index (χ3n) is 4.35. The van der Waals surface area contributed by atoms with Gasteiger partial charge in [-0.2, -0.15) is 5.10 Å². The van der Waals surface area contributed by atoms with Gasteiger partial charge in [-0.1, -0.05) is 12.1 Å². The molecule has 3 aromatic rings. The van der Waals surface area contributed by atoms with Crippen molar-refractivity contribution in [3.05, 3.63) is 48.3 Å². The highest BCUT2D eigenvalue weighted by molar-refractivity contribution is 5.90. The molecule has 0 atom stereocenters. The Morgan fingerprint density at radius 3 is 2.86 bits per heavy atom. The zero-order chi connectivity index (χ0) is 19.9. The molecule has 2 heterocycles. The molecule has 0 unspecified atom stereocenters. The van der Waals surface area contributed by atoms with Gasteiger partial charge in [0, 0.05) is 44.5 Å². The van der Waals surface area contributed by atoms with Crippen LogP contribution in [0.3, 0.4) is 0 Å². The van der Waals surface area contributed by atoms with Gasteiger partial charge in [-0.15, -0.1) is 0 Å². The van der Waals surface area contributed by atoms with Crippen molar-refractivity contribution in [2.45, 2.75) is 0 Å². The van der Waals surface area contributed by atoms with Gasteiger partial charge >= 0.3 is 5.97 Å². The van der Waals surface area contributed by atoms with E-state index in [0.717, 1.165) is 24.2 Å². The maximum Gasteiger partial charge on any atom is 0.335 e. The average Bonchev–Trinajstić information content (AvgIpc) is 3.13. The summed E-state index contributed by atoms with van der Waals surface area (Å²) in [4.78, 5) is 18.0. The minimum absolute atomic E-state index is 0.0104. The summed E-state index contributed by atoms with van der Waals surface area (Å²) in [7, 11) is 0. The molecule has 5 N–H and O–H groups in total. The predicted molar refractivity (Wildman–Crippen MR) is 107 cm³/mol. The molecule has 0 fully saturated rings. The molecule has 28 heavy (non-hydrogen) atoms. The number of nitrogens with zero attached hydrogens (tertiary/aromatic N) is 4. The third kappa shape index (κ3) is 4.45. The van der Waals surface area contributed by atoms with Crippen LogP contribution in [0.4, 0.5) is 5.82 Å². The summed E-state index contributed by atoms with van der Waals surface area (Å²) in [5.41, 5.74) is 7.80. The van der Waals surface area contributed by atoms with E-state index >= 15 is 0 Å².